The average Bonchev–Trinajstić information content (AvgIpc) is 3.79. The van der Waals surface area contributed by atoms with Crippen molar-refractivity contribution in [2.24, 2.45) is 23.2 Å². The van der Waals surface area contributed by atoms with E-state index >= 15 is 0 Å². The number of alkyl carbamates (subject to hydrolysis) is 1. The Kier molecular flexibility index (Phi) is 10.2. The van der Waals surface area contributed by atoms with E-state index in [2.05, 4.69) is 22.5 Å². The summed E-state index contributed by atoms with van der Waals surface area (Å²) < 4.78 is 17.9. The van der Waals surface area contributed by atoms with Crippen molar-refractivity contribution in [2.45, 2.75) is 103 Å². The smallest absolute Gasteiger partial charge is 0.408 e. The number of methoxy groups -OCH3 is 1. The SMILES string of the molecule is C=C[C@@H]1C[C@]1(NC(=O)[C@@H]1C[C@@H](Oc2cc(-c3csc(NC(C)C)n3)nc3cc(OC)ccc23)CN1C(=O)[C@@H](NC(=O)OC1C[C@@H]2C[C@@H]2C1)C(C)(C)C)C(=O)O. The first-order valence-corrected chi connectivity index (χ1v) is 19.8. The van der Waals surface area contributed by atoms with E-state index in [1.807, 2.05) is 46.1 Å². The highest BCUT2D eigenvalue weighted by molar-refractivity contribution is 7.14. The number of pyridine rings is 1. The molecule has 4 N–H and O–H groups in total. The Hall–Kier alpha value is -4.92. The second-order valence-corrected chi connectivity index (χ2v) is 17.6. The number of hydrogen-bond acceptors (Lipinski definition) is 11. The Balaban J connectivity index is 1.19. The van der Waals surface area contributed by atoms with Crippen LogP contribution in [0.1, 0.15) is 66.7 Å². The second-order valence-electron chi connectivity index (χ2n) is 16.7. The summed E-state index contributed by atoms with van der Waals surface area (Å²) in [7, 11) is 1.58. The molecule has 3 heterocycles. The number of thiazole rings is 1. The summed E-state index contributed by atoms with van der Waals surface area (Å²) >= 11 is 1.46. The number of hydrogen-bond donors (Lipinski definition) is 4. The molecule has 4 aliphatic rings. The molecule has 15 heteroatoms. The van der Waals surface area contributed by atoms with Crippen LogP contribution in [0.15, 0.2) is 42.3 Å². The Morgan fingerprint density at radius 1 is 1.05 bits per heavy atom. The highest BCUT2D eigenvalue weighted by Crippen LogP contribution is 2.52. The van der Waals surface area contributed by atoms with Crippen LogP contribution in [0.25, 0.3) is 22.3 Å². The fraction of sp³-hybridized carbons (Fsp3) is 0.550. The number of aliphatic carboxylic acids is 1. The van der Waals surface area contributed by atoms with Crippen LogP contribution in [-0.4, -0.2) is 93.4 Å². The minimum Gasteiger partial charge on any atom is -0.497 e. The number of anilines is 1. The first kappa shape index (κ1) is 38.4. The van der Waals surface area contributed by atoms with E-state index in [-0.39, 0.29) is 31.5 Å². The van der Waals surface area contributed by atoms with Gasteiger partial charge >= 0.3 is 12.1 Å². The van der Waals surface area contributed by atoms with Crippen LogP contribution in [-0.2, 0) is 19.1 Å². The van der Waals surface area contributed by atoms with Gasteiger partial charge in [-0.2, -0.15) is 0 Å². The van der Waals surface area contributed by atoms with Gasteiger partial charge in [0.15, 0.2) is 5.13 Å². The van der Waals surface area contributed by atoms with E-state index in [4.69, 9.17) is 24.2 Å². The van der Waals surface area contributed by atoms with E-state index < -0.39 is 58.9 Å². The number of fused-ring (bicyclic) bond motifs is 2. The molecule has 1 aliphatic heterocycles. The molecule has 1 saturated heterocycles. The summed E-state index contributed by atoms with van der Waals surface area (Å²) in [6.07, 6.45) is 3.05. The molecular formula is C40H50N6O8S. The lowest BCUT2D eigenvalue weighted by Gasteiger charge is -2.35. The minimum atomic E-state index is -1.51. The minimum absolute atomic E-state index is 0.00830. The molecule has 8 atom stereocenters. The Labute approximate surface area is 324 Å². The van der Waals surface area contributed by atoms with Gasteiger partial charge in [0.1, 0.15) is 47.0 Å². The fourth-order valence-electron chi connectivity index (χ4n) is 7.98. The first-order chi connectivity index (χ1) is 26.1. The van der Waals surface area contributed by atoms with E-state index in [1.165, 1.54) is 28.7 Å². The predicted molar refractivity (Wildman–Crippen MR) is 207 cm³/mol. The molecule has 1 aromatic carbocycles. The number of likely N-dealkylation sites (tertiary alicyclic amines) is 1. The molecule has 3 amide bonds. The van der Waals surface area contributed by atoms with Gasteiger partial charge < -0.3 is 40.2 Å². The van der Waals surface area contributed by atoms with Crippen LogP contribution in [0.5, 0.6) is 11.5 Å². The third-order valence-electron chi connectivity index (χ3n) is 11.2. The number of carboxylic acids is 1. The van der Waals surface area contributed by atoms with Crippen molar-refractivity contribution in [3.63, 3.8) is 0 Å². The number of amides is 3. The largest absolute Gasteiger partial charge is 0.497 e. The Morgan fingerprint density at radius 3 is 2.44 bits per heavy atom. The number of nitrogens with zero attached hydrogens (tertiary/aromatic N) is 3. The average molecular weight is 775 g/mol. The molecule has 0 bridgehead atoms. The van der Waals surface area contributed by atoms with Crippen LogP contribution in [0, 0.1) is 23.2 Å². The molecule has 4 fully saturated rings. The van der Waals surface area contributed by atoms with Gasteiger partial charge in [-0.05, 0) is 68.9 Å². The van der Waals surface area contributed by atoms with Gasteiger partial charge in [0.25, 0.3) is 0 Å². The summed E-state index contributed by atoms with van der Waals surface area (Å²) in [5.41, 5.74) is -0.476. The lowest BCUT2D eigenvalue weighted by atomic mass is 9.85. The maximum atomic E-state index is 14.6. The summed E-state index contributed by atoms with van der Waals surface area (Å²) in [5, 5.41) is 22.3. The van der Waals surface area contributed by atoms with Crippen molar-refractivity contribution >= 4 is 51.2 Å². The lowest BCUT2D eigenvalue weighted by Crippen LogP contribution is -2.59. The van der Waals surface area contributed by atoms with E-state index in [0.717, 1.165) is 18.0 Å². The molecule has 55 heavy (non-hydrogen) atoms. The van der Waals surface area contributed by atoms with Crippen LogP contribution in [0.2, 0.25) is 0 Å². The predicted octanol–water partition coefficient (Wildman–Crippen LogP) is 5.62. The van der Waals surface area contributed by atoms with Gasteiger partial charge in [0.2, 0.25) is 11.8 Å². The summed E-state index contributed by atoms with van der Waals surface area (Å²) in [6.45, 7) is 13.3. The van der Waals surface area contributed by atoms with Gasteiger partial charge in [-0.1, -0.05) is 26.8 Å². The number of aromatic nitrogens is 2. The van der Waals surface area contributed by atoms with Gasteiger partial charge in [-0.15, -0.1) is 17.9 Å². The van der Waals surface area contributed by atoms with Gasteiger partial charge in [-0.3, -0.25) is 9.59 Å². The number of benzene rings is 1. The van der Waals surface area contributed by atoms with Crippen molar-refractivity contribution in [3.8, 4) is 22.9 Å². The highest BCUT2D eigenvalue weighted by atomic mass is 32.1. The van der Waals surface area contributed by atoms with Crippen LogP contribution < -0.4 is 25.4 Å². The van der Waals surface area contributed by atoms with E-state index in [9.17, 15) is 24.3 Å². The first-order valence-electron chi connectivity index (χ1n) is 18.9. The molecule has 7 rings (SSSR count). The monoisotopic (exact) mass is 774 g/mol. The van der Waals surface area contributed by atoms with Crippen molar-refractivity contribution in [1.82, 2.24) is 25.5 Å². The fourth-order valence-corrected chi connectivity index (χ4v) is 8.83. The quantitative estimate of drug-likeness (QED) is 0.158. The molecule has 3 aromatic rings. The zero-order valence-electron chi connectivity index (χ0n) is 32.1. The number of carbonyl (C=O) groups excluding carboxylic acids is 3. The van der Waals surface area contributed by atoms with Crippen LogP contribution in [0.4, 0.5) is 9.93 Å². The zero-order chi connectivity index (χ0) is 39.4. The standard InChI is InChI=1S/C40H50N6O8S/c1-8-23-17-40(23,36(49)50)45-34(47)31-15-26(18-46(31)35(48)33(39(4,5)6)44-38(51)54-25-12-21-11-22(21)13-25)53-32-16-29(30-19-55-37(43-30)41-20(2)3)42-28-14-24(52-7)9-10-27(28)32/h8-10,14,16,19-23,25-26,31,33H,1,11-13,15,17-18H2,2-7H3,(H,41,43)(H,44,51)(H,45,47)(H,49,50)/t21-,22+,23-,25?,26-,31+,33-,40-/m1/s1. The normalized spacial score (nSPS) is 27.2. The maximum absolute atomic E-state index is 14.6. The molecule has 2 aromatic heterocycles. The summed E-state index contributed by atoms with van der Waals surface area (Å²) in [4.78, 5) is 65.4. The van der Waals surface area contributed by atoms with Gasteiger partial charge in [0.05, 0.1) is 24.9 Å². The number of carboxylic acid groups (broad SMARTS) is 1. The van der Waals surface area contributed by atoms with Gasteiger partial charge in [-0.25, -0.2) is 19.6 Å². The third kappa shape index (κ3) is 7.94. The molecule has 294 valence electrons. The van der Waals surface area contributed by atoms with Crippen molar-refractivity contribution < 1.29 is 38.5 Å². The second kappa shape index (κ2) is 14.6. The number of ether oxygens (including phenoxy) is 3. The third-order valence-corrected chi connectivity index (χ3v) is 11.9. The van der Waals surface area contributed by atoms with Crippen LogP contribution in [0.3, 0.4) is 0 Å². The lowest BCUT2D eigenvalue weighted by molar-refractivity contribution is -0.146. The molecule has 3 saturated carbocycles. The molecule has 0 radical (unpaired) electrons. The number of carbonyl (C=O) groups is 4. The van der Waals surface area contributed by atoms with E-state index in [1.54, 1.807) is 25.3 Å². The molecule has 3 aliphatic carbocycles. The molecule has 0 spiro atoms. The van der Waals surface area contributed by atoms with Crippen molar-refractivity contribution in [2.75, 3.05) is 19.0 Å². The topological polar surface area (TPSA) is 181 Å². The van der Waals surface area contributed by atoms with Gasteiger partial charge in [0, 0.05) is 41.3 Å². The summed E-state index contributed by atoms with van der Waals surface area (Å²) in [6, 6.07) is 5.27. The van der Waals surface area contributed by atoms with Crippen LogP contribution >= 0.6 is 11.3 Å². The van der Waals surface area contributed by atoms with E-state index in [0.29, 0.717) is 45.6 Å². The highest BCUT2D eigenvalue weighted by Gasteiger charge is 2.61. The number of rotatable bonds is 13. The summed E-state index contributed by atoms with van der Waals surface area (Å²) in [5.74, 6) is -0.456. The molecule has 14 nitrogen and oxygen atoms in total. The Bertz CT molecular complexity index is 2000. The maximum Gasteiger partial charge on any atom is 0.408 e. The Morgan fingerprint density at radius 2 is 1.80 bits per heavy atom. The molecule has 1 unspecified atom stereocenters. The molecular weight excluding hydrogens is 725 g/mol. The van der Waals surface area contributed by atoms with Crippen molar-refractivity contribution in [3.05, 3.63) is 42.3 Å². The van der Waals surface area contributed by atoms with Crippen molar-refractivity contribution in [1.29, 1.82) is 0 Å². The zero-order valence-corrected chi connectivity index (χ0v) is 32.9. The number of nitrogens with one attached hydrogen (secondary N) is 3.